The molecule has 0 atom stereocenters. The summed E-state index contributed by atoms with van der Waals surface area (Å²) in [4.78, 5) is 23.4. The van der Waals surface area contributed by atoms with Crippen molar-refractivity contribution in [3.8, 4) is 0 Å². The van der Waals surface area contributed by atoms with Crippen LogP contribution in [-0.2, 0) is 11.3 Å². The molecule has 0 aliphatic heterocycles. The molecule has 0 aromatic heterocycles. The first-order valence-corrected chi connectivity index (χ1v) is 7.29. The van der Waals surface area contributed by atoms with E-state index in [1.807, 2.05) is 44.2 Å². The van der Waals surface area contributed by atoms with Crippen molar-refractivity contribution in [2.45, 2.75) is 20.4 Å². The Morgan fingerprint density at radius 2 is 1.74 bits per heavy atom. The molecule has 120 valence electrons. The average molecular weight is 312 g/mol. The van der Waals surface area contributed by atoms with Gasteiger partial charge in [-0.15, -0.1) is 0 Å². The lowest BCUT2D eigenvalue weighted by molar-refractivity contribution is 0.102. The van der Waals surface area contributed by atoms with Crippen LogP contribution in [0.5, 0.6) is 0 Å². The minimum absolute atomic E-state index is 0.133. The quantitative estimate of drug-likeness (QED) is 0.909. The lowest BCUT2D eigenvalue weighted by Gasteiger charge is -2.10. The first kappa shape index (κ1) is 16.5. The van der Waals surface area contributed by atoms with Gasteiger partial charge in [0.15, 0.2) is 0 Å². The smallest absolute Gasteiger partial charge is 0.407 e. The third-order valence-corrected chi connectivity index (χ3v) is 3.68. The number of nitrogens with one attached hydrogen (secondary N) is 2. The molecule has 2 aromatic carbocycles. The molecule has 2 N–H and O–H groups in total. The van der Waals surface area contributed by atoms with Crippen LogP contribution in [0.1, 0.15) is 27.0 Å². The highest BCUT2D eigenvalue weighted by Gasteiger charge is 2.10. The summed E-state index contributed by atoms with van der Waals surface area (Å²) in [7, 11) is 1.32. The van der Waals surface area contributed by atoms with Gasteiger partial charge in [-0.1, -0.05) is 24.3 Å². The average Bonchev–Trinajstić information content (AvgIpc) is 2.56. The second kappa shape index (κ2) is 7.45. The Hall–Kier alpha value is -2.82. The second-order valence-electron chi connectivity index (χ2n) is 5.24. The van der Waals surface area contributed by atoms with Crippen molar-refractivity contribution >= 4 is 17.7 Å². The summed E-state index contributed by atoms with van der Waals surface area (Å²) in [5.74, 6) is -0.133. The summed E-state index contributed by atoms with van der Waals surface area (Å²) in [6.07, 6.45) is -0.475. The molecule has 0 heterocycles. The monoisotopic (exact) mass is 312 g/mol. The van der Waals surface area contributed by atoms with Crippen LogP contribution >= 0.6 is 0 Å². The maximum absolute atomic E-state index is 12.3. The number of carbonyl (C=O) groups excluding carboxylic acids is 2. The van der Waals surface area contributed by atoms with Crippen molar-refractivity contribution < 1.29 is 14.3 Å². The van der Waals surface area contributed by atoms with E-state index in [9.17, 15) is 9.59 Å². The Balaban J connectivity index is 2.02. The largest absolute Gasteiger partial charge is 0.453 e. The maximum Gasteiger partial charge on any atom is 0.407 e. The zero-order chi connectivity index (χ0) is 16.8. The van der Waals surface area contributed by atoms with E-state index < -0.39 is 6.09 Å². The molecule has 2 aromatic rings. The summed E-state index contributed by atoms with van der Waals surface area (Å²) in [5.41, 5.74) is 4.35. The third-order valence-electron chi connectivity index (χ3n) is 3.68. The lowest BCUT2D eigenvalue weighted by atomic mass is 10.0. The number of rotatable bonds is 4. The van der Waals surface area contributed by atoms with Crippen molar-refractivity contribution in [2.75, 3.05) is 12.4 Å². The number of alkyl carbamates (subject to hydrolysis) is 1. The summed E-state index contributed by atoms with van der Waals surface area (Å²) >= 11 is 0. The molecule has 0 unspecified atom stereocenters. The molecule has 0 fully saturated rings. The molecule has 0 saturated carbocycles. The van der Waals surface area contributed by atoms with Crippen LogP contribution in [0.25, 0.3) is 0 Å². The Bertz CT molecular complexity index is 709. The minimum Gasteiger partial charge on any atom is -0.453 e. The van der Waals surface area contributed by atoms with E-state index >= 15 is 0 Å². The van der Waals surface area contributed by atoms with Crippen LogP contribution in [0.15, 0.2) is 42.5 Å². The van der Waals surface area contributed by atoms with Crippen molar-refractivity contribution in [1.29, 1.82) is 0 Å². The molecule has 0 bridgehead atoms. The number of carbonyl (C=O) groups is 2. The molecule has 0 radical (unpaired) electrons. The van der Waals surface area contributed by atoms with E-state index in [1.54, 1.807) is 12.1 Å². The van der Waals surface area contributed by atoms with Crippen LogP contribution in [0, 0.1) is 13.8 Å². The van der Waals surface area contributed by atoms with Crippen LogP contribution in [-0.4, -0.2) is 19.1 Å². The Kier molecular flexibility index (Phi) is 5.36. The minimum atomic E-state index is -0.475. The second-order valence-corrected chi connectivity index (χ2v) is 5.24. The number of ether oxygens (including phenoxy) is 1. The molecule has 5 heteroatoms. The van der Waals surface area contributed by atoms with E-state index in [0.717, 1.165) is 16.7 Å². The van der Waals surface area contributed by atoms with Crippen molar-refractivity contribution in [3.05, 3.63) is 64.7 Å². The highest BCUT2D eigenvalue weighted by atomic mass is 16.5. The van der Waals surface area contributed by atoms with Gasteiger partial charge in [0, 0.05) is 17.8 Å². The molecule has 2 amide bonds. The zero-order valence-electron chi connectivity index (χ0n) is 13.5. The Morgan fingerprint density at radius 1 is 1.04 bits per heavy atom. The molecule has 0 saturated heterocycles. The molecular formula is C18H20N2O3. The first-order chi connectivity index (χ1) is 11.0. The topological polar surface area (TPSA) is 67.4 Å². The van der Waals surface area contributed by atoms with Gasteiger partial charge in [-0.2, -0.15) is 0 Å². The van der Waals surface area contributed by atoms with Gasteiger partial charge in [0.1, 0.15) is 0 Å². The number of methoxy groups -OCH3 is 1. The number of benzene rings is 2. The van der Waals surface area contributed by atoms with Gasteiger partial charge in [-0.05, 0) is 48.7 Å². The van der Waals surface area contributed by atoms with Crippen LogP contribution < -0.4 is 10.6 Å². The molecule has 2 rings (SSSR count). The fraction of sp³-hybridized carbons (Fsp3) is 0.222. The van der Waals surface area contributed by atoms with Gasteiger partial charge < -0.3 is 15.4 Å². The summed E-state index contributed by atoms with van der Waals surface area (Å²) in [6.45, 7) is 4.29. The lowest BCUT2D eigenvalue weighted by Crippen LogP contribution is -2.22. The summed E-state index contributed by atoms with van der Waals surface area (Å²) in [5, 5.41) is 5.48. The fourth-order valence-electron chi connectivity index (χ4n) is 2.15. The van der Waals surface area contributed by atoms with Crippen molar-refractivity contribution in [3.63, 3.8) is 0 Å². The third kappa shape index (κ3) is 4.32. The molecule has 0 aliphatic carbocycles. The van der Waals surface area contributed by atoms with Gasteiger partial charge in [0.25, 0.3) is 5.91 Å². The number of anilines is 1. The van der Waals surface area contributed by atoms with E-state index in [0.29, 0.717) is 17.8 Å². The van der Waals surface area contributed by atoms with E-state index in [1.165, 1.54) is 7.11 Å². The first-order valence-electron chi connectivity index (χ1n) is 7.29. The summed E-state index contributed by atoms with van der Waals surface area (Å²) in [6, 6.07) is 13.0. The van der Waals surface area contributed by atoms with Gasteiger partial charge in [0.05, 0.1) is 7.11 Å². The van der Waals surface area contributed by atoms with Crippen molar-refractivity contribution in [1.82, 2.24) is 5.32 Å². The fourth-order valence-corrected chi connectivity index (χ4v) is 2.15. The molecular weight excluding hydrogens is 292 g/mol. The number of hydrogen-bond donors (Lipinski definition) is 2. The van der Waals surface area contributed by atoms with Gasteiger partial charge >= 0.3 is 6.09 Å². The molecule has 23 heavy (non-hydrogen) atoms. The predicted octanol–water partition coefficient (Wildman–Crippen LogP) is 3.41. The molecule has 0 spiro atoms. The standard InChI is InChI=1S/C18H20N2O3/c1-12-5-4-6-16(13(12)2)17(21)20-15-9-7-14(8-10-15)11-19-18(22)23-3/h4-10H,11H2,1-3H3,(H,19,22)(H,20,21). The predicted molar refractivity (Wildman–Crippen MR) is 89.6 cm³/mol. The van der Waals surface area contributed by atoms with Gasteiger partial charge in [-0.3, -0.25) is 4.79 Å². The van der Waals surface area contributed by atoms with E-state index in [-0.39, 0.29) is 5.91 Å². The van der Waals surface area contributed by atoms with E-state index in [2.05, 4.69) is 15.4 Å². The number of amides is 2. The maximum atomic E-state index is 12.3. The van der Waals surface area contributed by atoms with Crippen molar-refractivity contribution in [2.24, 2.45) is 0 Å². The SMILES string of the molecule is COC(=O)NCc1ccc(NC(=O)c2cccc(C)c2C)cc1. The van der Waals surface area contributed by atoms with Gasteiger partial charge in [0.2, 0.25) is 0 Å². The zero-order valence-corrected chi connectivity index (χ0v) is 13.5. The normalized spacial score (nSPS) is 10.0. The molecule has 5 nitrogen and oxygen atoms in total. The van der Waals surface area contributed by atoms with Crippen LogP contribution in [0.4, 0.5) is 10.5 Å². The van der Waals surface area contributed by atoms with Crippen LogP contribution in [0.3, 0.4) is 0 Å². The highest BCUT2D eigenvalue weighted by Crippen LogP contribution is 2.16. The highest BCUT2D eigenvalue weighted by molar-refractivity contribution is 6.05. The number of hydrogen-bond acceptors (Lipinski definition) is 3. The Morgan fingerprint density at radius 3 is 2.39 bits per heavy atom. The van der Waals surface area contributed by atoms with Gasteiger partial charge in [-0.25, -0.2) is 4.79 Å². The number of aryl methyl sites for hydroxylation is 1. The van der Waals surface area contributed by atoms with E-state index in [4.69, 9.17) is 0 Å². The van der Waals surface area contributed by atoms with Crippen LogP contribution in [0.2, 0.25) is 0 Å². The summed E-state index contributed by atoms with van der Waals surface area (Å²) < 4.78 is 4.51. The molecule has 0 aliphatic rings. The Labute approximate surface area is 135 Å².